The second-order valence-electron chi connectivity index (χ2n) is 3.55. The molecule has 2 rings (SSSR count). The van der Waals surface area contributed by atoms with Crippen molar-refractivity contribution in [3.8, 4) is 0 Å². The van der Waals surface area contributed by atoms with Crippen molar-refractivity contribution in [2.24, 2.45) is 0 Å². The van der Waals surface area contributed by atoms with Gasteiger partial charge in [0, 0.05) is 15.7 Å². The van der Waals surface area contributed by atoms with E-state index in [0.717, 1.165) is 4.88 Å². The number of halogens is 1. The van der Waals surface area contributed by atoms with E-state index < -0.39 is 10.8 Å². The van der Waals surface area contributed by atoms with Gasteiger partial charge in [-0.05, 0) is 26.0 Å². The molecule has 92 valence electrons. The number of hydrogen-bond donors (Lipinski definition) is 0. The van der Waals surface area contributed by atoms with E-state index in [1.165, 1.54) is 11.3 Å². The van der Waals surface area contributed by atoms with Crippen LogP contribution in [-0.2, 0) is 16.6 Å². The molecule has 2 heterocycles. The van der Waals surface area contributed by atoms with E-state index in [1.54, 1.807) is 13.0 Å². The second-order valence-corrected chi connectivity index (χ2v) is 7.11. The minimum atomic E-state index is -1.08. The quantitative estimate of drug-likeness (QED) is 0.868. The Hall–Kier alpha value is -0.720. The molecule has 2 aromatic heterocycles. The molecule has 2 atom stereocenters. The van der Waals surface area contributed by atoms with Gasteiger partial charge in [0.25, 0.3) is 0 Å². The Bertz CT molecular complexity index is 538. The van der Waals surface area contributed by atoms with Gasteiger partial charge in [0.15, 0.2) is 5.82 Å². The molecule has 0 aliphatic heterocycles. The Morgan fingerprint density at radius 3 is 2.88 bits per heavy atom. The zero-order valence-corrected chi connectivity index (χ0v) is 11.7. The van der Waals surface area contributed by atoms with Crippen LogP contribution in [0.1, 0.15) is 28.8 Å². The molecule has 17 heavy (non-hydrogen) atoms. The number of aryl methyl sites for hydroxylation is 1. The Morgan fingerprint density at radius 1 is 1.59 bits per heavy atom. The average molecular weight is 291 g/mol. The summed E-state index contributed by atoms with van der Waals surface area (Å²) in [6.45, 7) is 3.56. The second kappa shape index (κ2) is 5.29. The predicted octanol–water partition coefficient (Wildman–Crippen LogP) is 3.10. The van der Waals surface area contributed by atoms with E-state index in [2.05, 4.69) is 10.1 Å². The van der Waals surface area contributed by atoms with Gasteiger partial charge in [0.05, 0.1) is 10.1 Å². The van der Waals surface area contributed by atoms with Crippen LogP contribution in [0.3, 0.4) is 0 Å². The first-order valence-corrected chi connectivity index (χ1v) is 7.55. The molecule has 0 fully saturated rings. The molecule has 7 heteroatoms. The van der Waals surface area contributed by atoms with Gasteiger partial charge in [-0.3, -0.25) is 4.21 Å². The molecule has 2 unspecified atom stereocenters. The van der Waals surface area contributed by atoms with E-state index in [-0.39, 0.29) is 5.25 Å². The highest BCUT2D eigenvalue weighted by Crippen LogP contribution is 2.26. The minimum absolute atomic E-state index is 0.267. The fraction of sp³-hybridized carbons (Fsp3) is 0.400. The summed E-state index contributed by atoms with van der Waals surface area (Å²) in [5.74, 6) is 1.44. The van der Waals surface area contributed by atoms with Crippen LogP contribution in [0.4, 0.5) is 0 Å². The summed E-state index contributed by atoms with van der Waals surface area (Å²) < 4.78 is 17.8. The molecule has 0 aliphatic carbocycles. The van der Waals surface area contributed by atoms with Crippen molar-refractivity contribution in [3.63, 3.8) is 0 Å². The maximum atomic E-state index is 12.1. The van der Waals surface area contributed by atoms with Crippen LogP contribution >= 0.6 is 22.9 Å². The third-order valence-electron chi connectivity index (χ3n) is 2.20. The maximum Gasteiger partial charge on any atom is 0.242 e. The van der Waals surface area contributed by atoms with Crippen molar-refractivity contribution < 1.29 is 8.73 Å². The molecule has 0 saturated carbocycles. The van der Waals surface area contributed by atoms with Crippen LogP contribution in [0.2, 0.25) is 4.34 Å². The summed E-state index contributed by atoms with van der Waals surface area (Å²) in [5.41, 5.74) is 0. The average Bonchev–Trinajstić information content (AvgIpc) is 2.87. The van der Waals surface area contributed by atoms with E-state index in [1.807, 2.05) is 13.0 Å². The zero-order valence-electron chi connectivity index (χ0n) is 9.34. The lowest BCUT2D eigenvalue weighted by Crippen LogP contribution is -2.05. The highest BCUT2D eigenvalue weighted by atomic mass is 35.5. The molecule has 4 nitrogen and oxygen atoms in total. The Kier molecular flexibility index (Phi) is 3.96. The first-order chi connectivity index (χ1) is 8.06. The number of thiophene rings is 1. The lowest BCUT2D eigenvalue weighted by atomic mass is 10.5. The summed E-state index contributed by atoms with van der Waals surface area (Å²) >= 11 is 7.26. The largest absolute Gasteiger partial charge is 0.338 e. The van der Waals surface area contributed by atoms with Gasteiger partial charge in [-0.15, -0.1) is 11.3 Å². The van der Waals surface area contributed by atoms with Crippen molar-refractivity contribution in [2.45, 2.75) is 24.9 Å². The van der Waals surface area contributed by atoms with E-state index in [4.69, 9.17) is 16.1 Å². The summed E-state index contributed by atoms with van der Waals surface area (Å²) in [4.78, 5) is 5.08. The van der Waals surface area contributed by atoms with Crippen LogP contribution in [-0.4, -0.2) is 14.3 Å². The highest BCUT2D eigenvalue weighted by Gasteiger charge is 2.20. The summed E-state index contributed by atoms with van der Waals surface area (Å²) in [6, 6.07) is 3.69. The number of hydrogen-bond acceptors (Lipinski definition) is 5. The van der Waals surface area contributed by atoms with Gasteiger partial charge in [-0.2, -0.15) is 4.98 Å². The van der Waals surface area contributed by atoms with Crippen molar-refractivity contribution >= 4 is 33.7 Å². The topological polar surface area (TPSA) is 56.0 Å². The first-order valence-electron chi connectivity index (χ1n) is 4.98. The van der Waals surface area contributed by atoms with Gasteiger partial charge in [-0.25, -0.2) is 0 Å². The lowest BCUT2D eigenvalue weighted by molar-refractivity contribution is 0.375. The maximum absolute atomic E-state index is 12.1. The number of nitrogens with zero attached hydrogens (tertiary/aromatic N) is 2. The minimum Gasteiger partial charge on any atom is -0.338 e. The molecule has 0 aliphatic rings. The summed E-state index contributed by atoms with van der Waals surface area (Å²) in [6.07, 6.45) is 0. The molecule has 0 bridgehead atoms. The van der Waals surface area contributed by atoms with Crippen LogP contribution in [0, 0.1) is 6.92 Å². The van der Waals surface area contributed by atoms with Gasteiger partial charge in [-0.1, -0.05) is 16.8 Å². The van der Waals surface area contributed by atoms with Gasteiger partial charge in [0.2, 0.25) is 5.89 Å². The van der Waals surface area contributed by atoms with Gasteiger partial charge < -0.3 is 4.52 Å². The van der Waals surface area contributed by atoms with Gasteiger partial charge >= 0.3 is 0 Å². The third kappa shape index (κ3) is 3.14. The molecule has 0 radical (unpaired) electrons. The molecular formula is C10H11ClN2O2S2. The molecule has 0 saturated heterocycles. The smallest absolute Gasteiger partial charge is 0.242 e. The Labute approximate surface area is 110 Å². The monoisotopic (exact) mass is 290 g/mol. The molecule has 2 aromatic rings. The Morgan fingerprint density at radius 2 is 2.35 bits per heavy atom. The van der Waals surface area contributed by atoms with Crippen molar-refractivity contribution in [3.05, 3.63) is 33.1 Å². The van der Waals surface area contributed by atoms with E-state index in [9.17, 15) is 4.21 Å². The van der Waals surface area contributed by atoms with Crippen molar-refractivity contribution in [1.29, 1.82) is 0 Å². The third-order valence-corrected chi connectivity index (χ3v) is 5.20. The van der Waals surface area contributed by atoms with Crippen LogP contribution in [0.5, 0.6) is 0 Å². The van der Waals surface area contributed by atoms with E-state index >= 15 is 0 Å². The molecular weight excluding hydrogens is 280 g/mol. The van der Waals surface area contributed by atoms with Crippen LogP contribution < -0.4 is 0 Å². The highest BCUT2D eigenvalue weighted by molar-refractivity contribution is 7.84. The standard InChI is InChI=1S/C10H11ClN2O2S2/c1-6(10-12-7(2)13-15-10)17(14)5-8-3-4-9(11)16-8/h3-4,6H,5H2,1-2H3. The molecule has 0 N–H and O–H groups in total. The number of rotatable bonds is 4. The fourth-order valence-electron chi connectivity index (χ4n) is 1.29. The fourth-order valence-corrected chi connectivity index (χ4v) is 3.70. The lowest BCUT2D eigenvalue weighted by Gasteiger charge is -2.05. The molecule has 0 aromatic carbocycles. The van der Waals surface area contributed by atoms with Crippen LogP contribution in [0.25, 0.3) is 0 Å². The SMILES string of the molecule is Cc1noc(C(C)S(=O)Cc2ccc(Cl)s2)n1. The Balaban J connectivity index is 2.05. The number of aromatic nitrogens is 2. The summed E-state index contributed by atoms with van der Waals surface area (Å²) in [5, 5.41) is 3.43. The molecule has 0 amide bonds. The zero-order chi connectivity index (χ0) is 12.4. The van der Waals surface area contributed by atoms with Crippen molar-refractivity contribution in [1.82, 2.24) is 10.1 Å². The van der Waals surface area contributed by atoms with Crippen molar-refractivity contribution in [2.75, 3.05) is 0 Å². The van der Waals surface area contributed by atoms with Gasteiger partial charge in [0.1, 0.15) is 5.25 Å². The summed E-state index contributed by atoms with van der Waals surface area (Å²) in [7, 11) is -1.08. The normalized spacial score (nSPS) is 14.8. The first kappa shape index (κ1) is 12.7. The predicted molar refractivity (Wildman–Crippen MR) is 68.6 cm³/mol. The van der Waals surface area contributed by atoms with E-state index in [0.29, 0.717) is 21.8 Å². The van der Waals surface area contributed by atoms with Crippen LogP contribution in [0.15, 0.2) is 16.7 Å². The molecule has 0 spiro atoms.